The van der Waals surface area contributed by atoms with Crippen LogP contribution in [-0.4, -0.2) is 13.1 Å². The first kappa shape index (κ1) is 12.9. The van der Waals surface area contributed by atoms with Crippen LogP contribution in [-0.2, 0) is 9.53 Å². The molecule has 0 heterocycles. The lowest BCUT2D eigenvalue weighted by Gasteiger charge is -2.01. The molecule has 3 nitrogen and oxygen atoms in total. The van der Waals surface area contributed by atoms with Crippen molar-refractivity contribution in [3.63, 3.8) is 0 Å². The Morgan fingerprint density at radius 1 is 1.55 bits per heavy atom. The first-order valence-corrected chi connectivity index (χ1v) is 3.17. The highest BCUT2D eigenvalue weighted by Gasteiger charge is 2.05. The zero-order chi connectivity index (χ0) is 8.15. The van der Waals surface area contributed by atoms with Crippen LogP contribution in [0.5, 0.6) is 0 Å². The minimum atomic E-state index is -0.348. The molecule has 0 radical (unpaired) electrons. The molecule has 0 aromatic carbocycles. The van der Waals surface area contributed by atoms with E-state index in [4.69, 9.17) is 5.73 Å². The summed E-state index contributed by atoms with van der Waals surface area (Å²) in [5.41, 5.74) is 6.57. The summed E-state index contributed by atoms with van der Waals surface area (Å²) in [4.78, 5) is 10.8. The molecule has 0 spiro atoms. The van der Waals surface area contributed by atoms with Gasteiger partial charge in [0.05, 0.1) is 12.7 Å². The summed E-state index contributed by atoms with van der Waals surface area (Å²) in [6.07, 6.45) is 0.681. The minimum absolute atomic E-state index is 0. The third-order valence-corrected chi connectivity index (χ3v) is 1.35. The molecule has 0 unspecified atom stereocenters. The Labute approximate surface area is 73.0 Å². The van der Waals surface area contributed by atoms with Gasteiger partial charge in [-0.15, -0.1) is 12.4 Å². The second kappa shape index (κ2) is 6.04. The molecule has 66 valence electrons. The fourth-order valence-electron chi connectivity index (χ4n) is 0.549. The van der Waals surface area contributed by atoms with Gasteiger partial charge in [0.1, 0.15) is 0 Å². The van der Waals surface area contributed by atoms with Gasteiger partial charge in [0.2, 0.25) is 0 Å². The maximum absolute atomic E-state index is 10.8. The van der Waals surface area contributed by atoms with Crippen molar-refractivity contribution in [2.45, 2.75) is 20.3 Å². The lowest BCUT2D eigenvalue weighted by molar-refractivity contribution is -0.136. The highest BCUT2D eigenvalue weighted by Crippen LogP contribution is 2.02. The molecule has 2 N–H and O–H groups in total. The molecule has 0 aliphatic heterocycles. The number of methoxy groups -OCH3 is 1. The lowest BCUT2D eigenvalue weighted by Crippen LogP contribution is -2.09. The second-order valence-corrected chi connectivity index (χ2v) is 2.00. The van der Waals surface area contributed by atoms with Crippen molar-refractivity contribution < 1.29 is 9.53 Å². The highest BCUT2D eigenvalue weighted by atomic mass is 35.5. The SMILES string of the molecule is CCC(N)=C(C)C(=O)OC.Cl. The van der Waals surface area contributed by atoms with E-state index < -0.39 is 0 Å². The Bertz CT molecular complexity index is 166. The van der Waals surface area contributed by atoms with Crippen LogP contribution in [0.3, 0.4) is 0 Å². The summed E-state index contributed by atoms with van der Waals surface area (Å²) < 4.78 is 4.46. The first-order chi connectivity index (χ1) is 4.63. The van der Waals surface area contributed by atoms with Crippen molar-refractivity contribution in [3.8, 4) is 0 Å². The number of esters is 1. The van der Waals surface area contributed by atoms with Crippen molar-refractivity contribution in [2.75, 3.05) is 7.11 Å². The van der Waals surface area contributed by atoms with Gasteiger partial charge in [-0.2, -0.15) is 0 Å². The van der Waals surface area contributed by atoms with E-state index in [1.165, 1.54) is 7.11 Å². The Hall–Kier alpha value is -0.700. The average Bonchev–Trinajstić information content (AvgIpc) is 2.00. The van der Waals surface area contributed by atoms with Crippen LogP contribution < -0.4 is 5.73 Å². The summed E-state index contributed by atoms with van der Waals surface area (Å²) in [6.45, 7) is 3.55. The monoisotopic (exact) mass is 179 g/mol. The van der Waals surface area contributed by atoms with Gasteiger partial charge in [0, 0.05) is 5.70 Å². The molecular formula is C7H14ClNO2. The van der Waals surface area contributed by atoms with Gasteiger partial charge in [0.15, 0.2) is 0 Å². The van der Waals surface area contributed by atoms with E-state index in [9.17, 15) is 4.79 Å². The van der Waals surface area contributed by atoms with E-state index in [1.54, 1.807) is 6.92 Å². The van der Waals surface area contributed by atoms with Gasteiger partial charge >= 0.3 is 5.97 Å². The van der Waals surface area contributed by atoms with Crippen LogP contribution in [0, 0.1) is 0 Å². The molecule has 0 amide bonds. The van der Waals surface area contributed by atoms with Gasteiger partial charge in [-0.05, 0) is 13.3 Å². The van der Waals surface area contributed by atoms with Gasteiger partial charge in [-0.3, -0.25) is 0 Å². The summed E-state index contributed by atoms with van der Waals surface area (Å²) >= 11 is 0. The van der Waals surface area contributed by atoms with E-state index in [0.29, 0.717) is 17.7 Å². The number of hydrogen-bond acceptors (Lipinski definition) is 3. The molecule has 0 fully saturated rings. The number of nitrogens with two attached hydrogens (primary N) is 1. The smallest absolute Gasteiger partial charge is 0.335 e. The number of halogens is 1. The van der Waals surface area contributed by atoms with Crippen molar-refractivity contribution >= 4 is 18.4 Å². The largest absolute Gasteiger partial charge is 0.466 e. The fraction of sp³-hybridized carbons (Fsp3) is 0.571. The molecule has 11 heavy (non-hydrogen) atoms. The summed E-state index contributed by atoms with van der Waals surface area (Å²) in [6, 6.07) is 0. The summed E-state index contributed by atoms with van der Waals surface area (Å²) in [7, 11) is 1.34. The lowest BCUT2D eigenvalue weighted by atomic mass is 10.2. The highest BCUT2D eigenvalue weighted by molar-refractivity contribution is 5.88. The van der Waals surface area contributed by atoms with Gasteiger partial charge < -0.3 is 10.5 Å². The van der Waals surface area contributed by atoms with E-state index >= 15 is 0 Å². The molecule has 0 saturated heterocycles. The van der Waals surface area contributed by atoms with E-state index in [0.717, 1.165) is 0 Å². The number of rotatable bonds is 2. The van der Waals surface area contributed by atoms with E-state index in [1.807, 2.05) is 6.92 Å². The van der Waals surface area contributed by atoms with E-state index in [-0.39, 0.29) is 18.4 Å². The maximum atomic E-state index is 10.8. The predicted molar refractivity (Wildman–Crippen MR) is 46.4 cm³/mol. The maximum Gasteiger partial charge on any atom is 0.335 e. The standard InChI is InChI=1S/C7H13NO2.ClH/c1-4-6(8)5(2)7(9)10-3;/h4,8H2,1-3H3;1H. The zero-order valence-electron chi connectivity index (χ0n) is 7.01. The molecule has 0 bridgehead atoms. The number of carbonyl (C=O) groups is 1. The van der Waals surface area contributed by atoms with Gasteiger partial charge in [0.25, 0.3) is 0 Å². The molecule has 0 aromatic heterocycles. The number of hydrogen-bond donors (Lipinski definition) is 1. The molecule has 0 aromatic rings. The molecule has 0 aliphatic carbocycles. The molecule has 0 atom stereocenters. The Kier molecular flexibility index (Phi) is 7.10. The fourth-order valence-corrected chi connectivity index (χ4v) is 0.549. The topological polar surface area (TPSA) is 52.3 Å². The summed E-state index contributed by atoms with van der Waals surface area (Å²) in [5, 5.41) is 0. The van der Waals surface area contributed by atoms with Crippen LogP contribution in [0.2, 0.25) is 0 Å². The van der Waals surface area contributed by atoms with Crippen molar-refractivity contribution in [2.24, 2.45) is 5.73 Å². The number of carbonyl (C=O) groups excluding carboxylic acids is 1. The van der Waals surface area contributed by atoms with Gasteiger partial charge in [-0.25, -0.2) is 4.79 Å². The molecule has 0 saturated carbocycles. The van der Waals surface area contributed by atoms with Crippen molar-refractivity contribution in [3.05, 3.63) is 11.3 Å². The van der Waals surface area contributed by atoms with Crippen LogP contribution >= 0.6 is 12.4 Å². The molecule has 0 rings (SSSR count). The van der Waals surface area contributed by atoms with Crippen molar-refractivity contribution in [1.82, 2.24) is 0 Å². The van der Waals surface area contributed by atoms with Crippen molar-refractivity contribution in [1.29, 1.82) is 0 Å². The zero-order valence-corrected chi connectivity index (χ0v) is 7.83. The Balaban J connectivity index is 0. The third-order valence-electron chi connectivity index (χ3n) is 1.35. The number of ether oxygens (including phenoxy) is 1. The second-order valence-electron chi connectivity index (χ2n) is 2.00. The van der Waals surface area contributed by atoms with E-state index in [2.05, 4.69) is 4.74 Å². The van der Waals surface area contributed by atoms with Gasteiger partial charge in [-0.1, -0.05) is 6.92 Å². The summed E-state index contributed by atoms with van der Waals surface area (Å²) in [5.74, 6) is -0.348. The average molecular weight is 180 g/mol. The third kappa shape index (κ3) is 3.88. The van der Waals surface area contributed by atoms with Crippen LogP contribution in [0.25, 0.3) is 0 Å². The Morgan fingerprint density at radius 3 is 2.27 bits per heavy atom. The molecule has 4 heteroatoms. The van der Waals surface area contributed by atoms with Crippen LogP contribution in [0.15, 0.2) is 11.3 Å². The normalized spacial score (nSPS) is 11.2. The predicted octanol–water partition coefficient (Wildman–Crippen LogP) is 1.22. The quantitative estimate of drug-likeness (QED) is 0.513. The Morgan fingerprint density at radius 2 is 2.00 bits per heavy atom. The molecular weight excluding hydrogens is 166 g/mol. The van der Waals surface area contributed by atoms with Crippen LogP contribution in [0.1, 0.15) is 20.3 Å². The molecule has 0 aliphatic rings. The first-order valence-electron chi connectivity index (χ1n) is 3.17. The number of allylic oxidation sites excluding steroid dienone is 1. The van der Waals surface area contributed by atoms with Crippen LogP contribution in [0.4, 0.5) is 0 Å². The minimum Gasteiger partial charge on any atom is -0.466 e.